The summed E-state index contributed by atoms with van der Waals surface area (Å²) >= 11 is 0. The van der Waals surface area contributed by atoms with E-state index in [-0.39, 0.29) is 13.2 Å². The predicted molar refractivity (Wildman–Crippen MR) is 106 cm³/mol. The minimum Gasteiger partial charge on any atom is -0.395 e. The molecule has 3 rings (SSSR count). The number of fused-ring (bicyclic) bond motifs is 1. The molecule has 2 heterocycles. The van der Waals surface area contributed by atoms with Crippen LogP contribution in [-0.4, -0.2) is 82.1 Å². The van der Waals surface area contributed by atoms with Crippen molar-refractivity contribution in [2.45, 2.75) is 56.5 Å². The Morgan fingerprint density at radius 3 is 2.70 bits per heavy atom. The van der Waals surface area contributed by atoms with Gasteiger partial charge in [0.25, 0.3) is 0 Å². The maximum Gasteiger partial charge on any atom is 0.109 e. The third-order valence-corrected chi connectivity index (χ3v) is 5.54. The molecule has 0 aromatic heterocycles. The first kappa shape index (κ1) is 20.2. The first-order valence-corrected chi connectivity index (χ1v) is 9.88. The number of piperidine rings is 1. The minimum atomic E-state index is -1.18. The van der Waals surface area contributed by atoms with Crippen LogP contribution in [-0.2, 0) is 6.42 Å². The van der Waals surface area contributed by atoms with Gasteiger partial charge in [0.2, 0.25) is 0 Å². The second-order valence-electron chi connectivity index (χ2n) is 7.49. The summed E-state index contributed by atoms with van der Waals surface area (Å²) in [5.74, 6) is 0. The molecule has 0 amide bonds. The molecule has 0 unspecified atom stereocenters. The number of likely N-dealkylation sites (tertiary alicyclic amines) is 1. The van der Waals surface area contributed by atoms with Gasteiger partial charge in [0.1, 0.15) is 12.2 Å². The highest BCUT2D eigenvalue weighted by Crippen LogP contribution is 2.27. The van der Waals surface area contributed by atoms with Gasteiger partial charge in [-0.15, -0.1) is 0 Å². The lowest BCUT2D eigenvalue weighted by molar-refractivity contribution is -0.145. The Hall–Kier alpha value is -1.51. The Labute approximate surface area is 160 Å². The van der Waals surface area contributed by atoms with Gasteiger partial charge in [0, 0.05) is 31.4 Å². The van der Waals surface area contributed by atoms with E-state index < -0.39 is 24.4 Å². The number of β-amino-alcohol motifs (C(OH)–C–C–N with tert-alkyl or cyclic N) is 1. The molecule has 5 N–H and O–H groups in total. The fourth-order valence-corrected chi connectivity index (χ4v) is 3.89. The topological polar surface area (TPSA) is 109 Å². The number of nitrogens with zero attached hydrogens (tertiary/aromatic N) is 2. The number of aliphatic hydroxyl groups excluding tert-OH is 4. The smallest absolute Gasteiger partial charge is 0.109 e. The molecule has 0 aliphatic carbocycles. The van der Waals surface area contributed by atoms with E-state index in [4.69, 9.17) is 0 Å². The highest BCUT2D eigenvalue weighted by molar-refractivity contribution is 5.77. The van der Waals surface area contributed by atoms with Crippen molar-refractivity contribution in [3.63, 3.8) is 0 Å². The molecular weight excluding hydrogens is 346 g/mol. The monoisotopic (exact) mass is 377 g/mol. The Balaban J connectivity index is 1.30. The summed E-state index contributed by atoms with van der Waals surface area (Å²) in [6.45, 7) is 1.68. The SMILES string of the molecule is OC[C@@H]1[C@@H](O)[C@H](O)[C@@H](O)CN1CCCCCCNc1ccc2c(c1)CC=N2. The Morgan fingerprint density at radius 1 is 1.07 bits per heavy atom. The molecule has 0 spiro atoms. The zero-order valence-electron chi connectivity index (χ0n) is 15.7. The molecule has 27 heavy (non-hydrogen) atoms. The summed E-state index contributed by atoms with van der Waals surface area (Å²) < 4.78 is 0. The number of unbranched alkanes of at least 4 members (excludes halogenated alkanes) is 3. The fraction of sp³-hybridized carbons (Fsp3) is 0.650. The molecule has 4 atom stereocenters. The largest absolute Gasteiger partial charge is 0.395 e. The summed E-state index contributed by atoms with van der Waals surface area (Å²) in [4.78, 5) is 6.20. The van der Waals surface area contributed by atoms with E-state index in [0.29, 0.717) is 6.54 Å². The maximum absolute atomic E-state index is 9.99. The molecule has 1 aromatic rings. The van der Waals surface area contributed by atoms with Crippen LogP contribution in [0.5, 0.6) is 0 Å². The van der Waals surface area contributed by atoms with Crippen LogP contribution in [0, 0.1) is 0 Å². The molecular formula is C20H31N3O4. The zero-order valence-corrected chi connectivity index (χ0v) is 15.7. The molecule has 7 nitrogen and oxygen atoms in total. The molecule has 2 aliphatic rings. The summed E-state index contributed by atoms with van der Waals surface area (Å²) in [5, 5.41) is 42.5. The number of hydrogen-bond acceptors (Lipinski definition) is 7. The molecule has 0 bridgehead atoms. The van der Waals surface area contributed by atoms with Gasteiger partial charge in [-0.1, -0.05) is 12.8 Å². The zero-order chi connectivity index (χ0) is 19.2. The number of anilines is 1. The number of rotatable bonds is 9. The van der Waals surface area contributed by atoms with E-state index in [2.05, 4.69) is 28.5 Å². The number of benzene rings is 1. The number of aliphatic hydroxyl groups is 4. The number of aliphatic imine (C=N–C) groups is 1. The van der Waals surface area contributed by atoms with Crippen LogP contribution < -0.4 is 5.32 Å². The van der Waals surface area contributed by atoms with Crippen molar-refractivity contribution in [1.82, 2.24) is 4.90 Å². The van der Waals surface area contributed by atoms with Crippen molar-refractivity contribution in [1.29, 1.82) is 0 Å². The minimum absolute atomic E-state index is 0.222. The molecule has 1 aromatic carbocycles. The summed E-state index contributed by atoms with van der Waals surface area (Å²) in [5.41, 5.74) is 3.48. The van der Waals surface area contributed by atoms with Crippen molar-refractivity contribution in [2.24, 2.45) is 4.99 Å². The summed E-state index contributed by atoms with van der Waals surface area (Å²) in [7, 11) is 0. The van der Waals surface area contributed by atoms with Crippen molar-refractivity contribution in [2.75, 3.05) is 31.6 Å². The lowest BCUT2D eigenvalue weighted by atomic mass is 9.94. The van der Waals surface area contributed by atoms with Crippen LogP contribution in [0.4, 0.5) is 11.4 Å². The standard InChI is InChI=1S/C20H31N3O4/c24-13-17-19(26)20(27)18(25)12-23(17)10-4-2-1-3-8-21-15-5-6-16-14(11-15)7-9-22-16/h5-6,9,11,17-21,24-27H,1-4,7-8,10,12-13H2/t17-,18+,19-,20-/m1/s1. The van der Waals surface area contributed by atoms with Crippen molar-refractivity contribution >= 4 is 17.6 Å². The molecule has 2 aliphatic heterocycles. The van der Waals surface area contributed by atoms with Crippen molar-refractivity contribution in [3.8, 4) is 0 Å². The lowest BCUT2D eigenvalue weighted by Gasteiger charge is -2.43. The quantitative estimate of drug-likeness (QED) is 0.405. The number of hydrogen-bond donors (Lipinski definition) is 5. The van der Waals surface area contributed by atoms with E-state index >= 15 is 0 Å². The van der Waals surface area contributed by atoms with Crippen molar-refractivity contribution < 1.29 is 20.4 Å². The average Bonchev–Trinajstić information content (AvgIpc) is 3.13. The van der Waals surface area contributed by atoms with Crippen LogP contribution in [0.25, 0.3) is 0 Å². The van der Waals surface area contributed by atoms with Crippen LogP contribution >= 0.6 is 0 Å². The Morgan fingerprint density at radius 2 is 1.89 bits per heavy atom. The molecule has 1 fully saturated rings. The average molecular weight is 377 g/mol. The molecule has 7 heteroatoms. The van der Waals surface area contributed by atoms with Crippen LogP contribution in [0.2, 0.25) is 0 Å². The number of nitrogens with one attached hydrogen (secondary N) is 1. The second kappa shape index (κ2) is 9.61. The maximum atomic E-state index is 9.99. The lowest BCUT2D eigenvalue weighted by Crippen LogP contribution is -2.62. The van der Waals surface area contributed by atoms with E-state index in [1.54, 1.807) is 0 Å². The highest BCUT2D eigenvalue weighted by atomic mass is 16.4. The normalized spacial score (nSPS) is 27.7. The first-order valence-electron chi connectivity index (χ1n) is 9.88. The van der Waals surface area contributed by atoms with Gasteiger partial charge in [0.05, 0.1) is 24.4 Å². The molecule has 0 saturated carbocycles. The molecule has 150 valence electrons. The van der Waals surface area contributed by atoms with Gasteiger partial charge in [-0.25, -0.2) is 0 Å². The van der Waals surface area contributed by atoms with Crippen LogP contribution in [0.1, 0.15) is 31.2 Å². The summed E-state index contributed by atoms with van der Waals surface area (Å²) in [6, 6.07) is 5.78. The van der Waals surface area contributed by atoms with Gasteiger partial charge in [-0.2, -0.15) is 0 Å². The third kappa shape index (κ3) is 5.06. The van der Waals surface area contributed by atoms with Crippen molar-refractivity contribution in [3.05, 3.63) is 23.8 Å². The van der Waals surface area contributed by atoms with Crippen LogP contribution in [0.3, 0.4) is 0 Å². The summed E-state index contributed by atoms with van der Waals surface area (Å²) in [6.07, 6.45) is 3.73. The van der Waals surface area contributed by atoms with Crippen LogP contribution in [0.15, 0.2) is 23.2 Å². The Bertz CT molecular complexity index is 640. The second-order valence-corrected chi connectivity index (χ2v) is 7.49. The van der Waals surface area contributed by atoms with E-state index in [1.165, 1.54) is 5.56 Å². The first-order chi connectivity index (χ1) is 13.1. The molecule has 1 saturated heterocycles. The predicted octanol–water partition coefficient (Wildman–Crippen LogP) is 0.676. The fourth-order valence-electron chi connectivity index (χ4n) is 3.89. The highest BCUT2D eigenvalue weighted by Gasteiger charge is 2.40. The third-order valence-electron chi connectivity index (χ3n) is 5.54. The molecule has 0 radical (unpaired) electrons. The van der Waals surface area contributed by atoms with E-state index in [0.717, 1.165) is 50.0 Å². The van der Waals surface area contributed by atoms with E-state index in [1.807, 2.05) is 11.1 Å². The van der Waals surface area contributed by atoms with Gasteiger partial charge in [-0.05, 0) is 43.1 Å². The van der Waals surface area contributed by atoms with Gasteiger partial charge in [-0.3, -0.25) is 9.89 Å². The van der Waals surface area contributed by atoms with E-state index in [9.17, 15) is 20.4 Å². The van der Waals surface area contributed by atoms with Gasteiger partial charge >= 0.3 is 0 Å². The van der Waals surface area contributed by atoms with Gasteiger partial charge in [0.15, 0.2) is 0 Å². The van der Waals surface area contributed by atoms with Gasteiger partial charge < -0.3 is 25.7 Å². The Kier molecular flexibility index (Phi) is 7.20.